The van der Waals surface area contributed by atoms with E-state index >= 15 is 0 Å². The van der Waals surface area contributed by atoms with Crippen molar-refractivity contribution in [1.82, 2.24) is 24.6 Å². The number of likely N-dealkylation sites (N-methyl/N-ethyl adjacent to an activating group) is 1. The first-order valence-corrected chi connectivity index (χ1v) is 8.55. The number of aryl methyl sites for hydroxylation is 1. The molecule has 0 unspecified atom stereocenters. The lowest BCUT2D eigenvalue weighted by Crippen LogP contribution is -2.36. The van der Waals surface area contributed by atoms with E-state index in [2.05, 4.69) is 22.5 Å². The molecular weight excluding hydrogens is 322 g/mol. The van der Waals surface area contributed by atoms with Crippen molar-refractivity contribution in [1.29, 1.82) is 0 Å². The second-order valence-electron chi connectivity index (χ2n) is 5.91. The highest BCUT2D eigenvalue weighted by atomic mass is 32.1. The van der Waals surface area contributed by atoms with Crippen molar-refractivity contribution < 1.29 is 4.79 Å². The van der Waals surface area contributed by atoms with E-state index in [4.69, 9.17) is 12.2 Å². The number of nitrogens with zero attached hydrogens (tertiary/aromatic N) is 4. The Balaban J connectivity index is 2.03. The second-order valence-corrected chi connectivity index (χ2v) is 6.27. The SMILES string of the molecule is CCCNC(=O)CN(C)Cn1nc(C)n(Cc2ccccc2)c1=S. The van der Waals surface area contributed by atoms with Crippen molar-refractivity contribution in [3.63, 3.8) is 0 Å². The maximum atomic E-state index is 11.8. The van der Waals surface area contributed by atoms with Crippen molar-refractivity contribution in [2.45, 2.75) is 33.5 Å². The third-order valence-electron chi connectivity index (χ3n) is 3.65. The van der Waals surface area contributed by atoms with Gasteiger partial charge in [0, 0.05) is 6.54 Å². The van der Waals surface area contributed by atoms with Crippen molar-refractivity contribution in [2.75, 3.05) is 20.1 Å². The highest BCUT2D eigenvalue weighted by Crippen LogP contribution is 2.07. The van der Waals surface area contributed by atoms with E-state index in [1.54, 1.807) is 4.68 Å². The highest BCUT2D eigenvalue weighted by Gasteiger charge is 2.11. The molecular formula is C17H25N5OS. The zero-order chi connectivity index (χ0) is 17.5. The molecule has 0 bridgehead atoms. The summed E-state index contributed by atoms with van der Waals surface area (Å²) >= 11 is 5.55. The summed E-state index contributed by atoms with van der Waals surface area (Å²) in [6, 6.07) is 10.2. The second kappa shape index (κ2) is 8.75. The molecule has 0 radical (unpaired) electrons. The highest BCUT2D eigenvalue weighted by molar-refractivity contribution is 7.71. The van der Waals surface area contributed by atoms with Gasteiger partial charge in [-0.3, -0.25) is 14.3 Å². The van der Waals surface area contributed by atoms with Crippen LogP contribution in [0.2, 0.25) is 0 Å². The molecule has 2 aromatic rings. The molecule has 0 spiro atoms. The van der Waals surface area contributed by atoms with E-state index in [0.717, 1.165) is 12.2 Å². The molecule has 1 aromatic carbocycles. The number of aromatic nitrogens is 3. The van der Waals surface area contributed by atoms with Crippen LogP contribution in [0, 0.1) is 11.7 Å². The standard InChI is InChI=1S/C17H25N5OS/c1-4-10-18-16(23)12-20(3)13-22-17(24)21(14(2)19-22)11-15-8-6-5-7-9-15/h5-9H,4,10-13H2,1-3H3,(H,18,23). The van der Waals surface area contributed by atoms with Crippen LogP contribution < -0.4 is 5.32 Å². The van der Waals surface area contributed by atoms with Crippen molar-refractivity contribution in [2.24, 2.45) is 0 Å². The summed E-state index contributed by atoms with van der Waals surface area (Å²) in [6.45, 7) is 6.20. The van der Waals surface area contributed by atoms with Crippen molar-refractivity contribution in [3.05, 3.63) is 46.5 Å². The van der Waals surface area contributed by atoms with Gasteiger partial charge in [0.25, 0.3) is 0 Å². The van der Waals surface area contributed by atoms with Gasteiger partial charge in [-0.05, 0) is 38.2 Å². The Morgan fingerprint density at radius 3 is 2.71 bits per heavy atom. The predicted molar refractivity (Wildman–Crippen MR) is 97.3 cm³/mol. The Labute approximate surface area is 148 Å². The quantitative estimate of drug-likeness (QED) is 0.744. The van der Waals surface area contributed by atoms with Crippen LogP contribution in [0.1, 0.15) is 24.7 Å². The Morgan fingerprint density at radius 2 is 2.04 bits per heavy atom. The van der Waals surface area contributed by atoms with E-state index in [0.29, 0.717) is 31.1 Å². The van der Waals surface area contributed by atoms with E-state index < -0.39 is 0 Å². The van der Waals surface area contributed by atoms with Gasteiger partial charge in [-0.2, -0.15) is 5.10 Å². The first-order chi connectivity index (χ1) is 11.5. The fraction of sp³-hybridized carbons (Fsp3) is 0.471. The van der Waals surface area contributed by atoms with Gasteiger partial charge in [-0.15, -0.1) is 0 Å². The molecule has 6 nitrogen and oxygen atoms in total. The average molecular weight is 347 g/mol. The van der Waals surface area contributed by atoms with Crippen molar-refractivity contribution >= 4 is 18.1 Å². The summed E-state index contributed by atoms with van der Waals surface area (Å²) in [7, 11) is 1.89. The van der Waals surface area contributed by atoms with Crippen LogP contribution in [0.5, 0.6) is 0 Å². The zero-order valence-corrected chi connectivity index (χ0v) is 15.3. The molecule has 0 aliphatic heterocycles. The van der Waals surface area contributed by atoms with Crippen LogP contribution in [-0.4, -0.2) is 45.3 Å². The first-order valence-electron chi connectivity index (χ1n) is 8.14. The van der Waals surface area contributed by atoms with Crippen LogP contribution >= 0.6 is 12.2 Å². The minimum Gasteiger partial charge on any atom is -0.355 e. The Bertz CT molecular complexity index is 722. The molecule has 0 saturated heterocycles. The van der Waals surface area contributed by atoms with Gasteiger partial charge in [-0.25, -0.2) is 4.68 Å². The van der Waals surface area contributed by atoms with Gasteiger partial charge >= 0.3 is 0 Å². The van der Waals surface area contributed by atoms with Gasteiger partial charge < -0.3 is 5.32 Å². The number of rotatable bonds is 8. The third kappa shape index (κ3) is 5.01. The Hall–Kier alpha value is -1.99. The number of hydrogen-bond donors (Lipinski definition) is 1. The number of amides is 1. The minimum absolute atomic E-state index is 0.0197. The number of nitrogens with one attached hydrogen (secondary N) is 1. The molecule has 7 heteroatoms. The molecule has 0 fully saturated rings. The third-order valence-corrected chi connectivity index (χ3v) is 4.08. The zero-order valence-electron chi connectivity index (χ0n) is 14.5. The average Bonchev–Trinajstić information content (AvgIpc) is 2.81. The monoisotopic (exact) mass is 347 g/mol. The maximum Gasteiger partial charge on any atom is 0.234 e. The fourth-order valence-electron chi connectivity index (χ4n) is 2.43. The molecule has 0 aliphatic carbocycles. The van der Waals surface area contributed by atoms with E-state index in [1.165, 1.54) is 5.56 Å². The van der Waals surface area contributed by atoms with Crippen LogP contribution in [0.3, 0.4) is 0 Å². The molecule has 0 aliphatic rings. The molecule has 1 N–H and O–H groups in total. The summed E-state index contributed by atoms with van der Waals surface area (Å²) in [5.41, 5.74) is 1.18. The molecule has 2 rings (SSSR count). The lowest BCUT2D eigenvalue weighted by molar-refractivity contribution is -0.122. The smallest absolute Gasteiger partial charge is 0.234 e. The molecule has 24 heavy (non-hydrogen) atoms. The maximum absolute atomic E-state index is 11.8. The molecule has 1 heterocycles. The minimum atomic E-state index is 0.0197. The summed E-state index contributed by atoms with van der Waals surface area (Å²) in [6.07, 6.45) is 0.934. The topological polar surface area (TPSA) is 55.1 Å². The Kier molecular flexibility index (Phi) is 6.69. The molecule has 1 amide bonds. The van der Waals surface area contributed by atoms with Crippen LogP contribution in [0.4, 0.5) is 0 Å². The summed E-state index contributed by atoms with van der Waals surface area (Å²) in [5.74, 6) is 0.888. The Morgan fingerprint density at radius 1 is 1.33 bits per heavy atom. The summed E-state index contributed by atoms with van der Waals surface area (Å²) < 4.78 is 4.44. The molecule has 0 atom stereocenters. The summed E-state index contributed by atoms with van der Waals surface area (Å²) in [5, 5.41) is 7.39. The summed E-state index contributed by atoms with van der Waals surface area (Å²) in [4.78, 5) is 13.7. The first kappa shape index (κ1) is 18.4. The van der Waals surface area contributed by atoms with Crippen molar-refractivity contribution in [3.8, 4) is 0 Å². The number of carbonyl (C=O) groups is 1. The van der Waals surface area contributed by atoms with Crippen LogP contribution in [0.25, 0.3) is 0 Å². The molecule has 1 aromatic heterocycles. The van der Waals surface area contributed by atoms with Gasteiger partial charge in [-0.1, -0.05) is 37.3 Å². The lowest BCUT2D eigenvalue weighted by atomic mass is 10.2. The largest absolute Gasteiger partial charge is 0.355 e. The molecule has 0 saturated carbocycles. The van der Waals surface area contributed by atoms with E-state index in [1.807, 2.05) is 48.6 Å². The number of benzene rings is 1. The van der Waals surface area contributed by atoms with E-state index in [-0.39, 0.29) is 5.91 Å². The van der Waals surface area contributed by atoms with Gasteiger partial charge in [0.1, 0.15) is 5.82 Å². The fourth-order valence-corrected chi connectivity index (χ4v) is 2.73. The lowest BCUT2D eigenvalue weighted by Gasteiger charge is -2.15. The van der Waals surface area contributed by atoms with Gasteiger partial charge in [0.15, 0.2) is 4.77 Å². The van der Waals surface area contributed by atoms with E-state index in [9.17, 15) is 4.79 Å². The van der Waals surface area contributed by atoms with Gasteiger partial charge in [0.2, 0.25) is 5.91 Å². The predicted octanol–water partition coefficient (Wildman–Crippen LogP) is 2.19. The van der Waals surface area contributed by atoms with Crippen LogP contribution in [0.15, 0.2) is 30.3 Å². The van der Waals surface area contributed by atoms with Gasteiger partial charge in [0.05, 0.1) is 19.8 Å². The number of carbonyl (C=O) groups excluding carboxylic acids is 1. The normalized spacial score (nSPS) is 11.0. The molecule has 130 valence electrons. The van der Waals surface area contributed by atoms with Crippen LogP contribution in [-0.2, 0) is 18.0 Å². The number of hydrogen-bond acceptors (Lipinski definition) is 4.